The summed E-state index contributed by atoms with van der Waals surface area (Å²) < 4.78 is 4.60. The number of nitrogens with one attached hydrogen (secondary N) is 1. The second kappa shape index (κ2) is 7.66. The second-order valence-corrected chi connectivity index (χ2v) is 6.37. The first-order valence-electron chi connectivity index (χ1n) is 8.26. The predicted molar refractivity (Wildman–Crippen MR) is 80.9 cm³/mol. The van der Waals surface area contributed by atoms with Gasteiger partial charge in [0.1, 0.15) is 0 Å². The number of esters is 1. The molecule has 1 saturated carbocycles. The highest BCUT2D eigenvalue weighted by molar-refractivity contribution is 5.75. The maximum Gasteiger partial charge on any atom is 0.317 e. The lowest BCUT2D eigenvalue weighted by Gasteiger charge is -2.33. The number of fused-ring (bicyclic) bond motifs is 1. The Balaban J connectivity index is 1.71. The molecule has 1 aliphatic heterocycles. The van der Waals surface area contributed by atoms with Crippen LogP contribution in [0.4, 0.5) is 4.79 Å². The van der Waals surface area contributed by atoms with E-state index in [1.807, 2.05) is 0 Å². The van der Waals surface area contributed by atoms with E-state index in [1.165, 1.54) is 26.4 Å². The Morgan fingerprint density at radius 1 is 1.24 bits per heavy atom. The van der Waals surface area contributed by atoms with Gasteiger partial charge in [0, 0.05) is 25.0 Å². The van der Waals surface area contributed by atoms with Crippen molar-refractivity contribution in [3.8, 4) is 0 Å². The van der Waals surface area contributed by atoms with Crippen LogP contribution in [-0.2, 0) is 9.53 Å². The molecule has 0 aromatic heterocycles. The molecule has 2 amide bonds. The van der Waals surface area contributed by atoms with Crippen LogP contribution in [0.5, 0.6) is 0 Å². The minimum atomic E-state index is -0.181. The van der Waals surface area contributed by atoms with Crippen molar-refractivity contribution in [1.82, 2.24) is 10.2 Å². The largest absolute Gasteiger partial charge is 0.469 e. The van der Waals surface area contributed by atoms with Crippen LogP contribution in [0.3, 0.4) is 0 Å². The molecule has 21 heavy (non-hydrogen) atoms. The second-order valence-electron chi connectivity index (χ2n) is 6.37. The molecular formula is C16H28N2O3. The standard InChI is InChI=1S/C16H28N2O3/c1-12-11-13-7-3-4-8-14(13)18(12)16(20)17-10-6-5-9-15(19)21-2/h12-14H,3-11H2,1-2H3,(H,17,20). The minimum absolute atomic E-state index is 0.0787. The normalized spacial score (nSPS) is 28.1. The summed E-state index contributed by atoms with van der Waals surface area (Å²) in [5.74, 6) is 0.526. The van der Waals surface area contributed by atoms with Crippen molar-refractivity contribution in [3.05, 3.63) is 0 Å². The summed E-state index contributed by atoms with van der Waals surface area (Å²) in [7, 11) is 1.40. The summed E-state index contributed by atoms with van der Waals surface area (Å²) in [5, 5.41) is 3.01. The van der Waals surface area contributed by atoms with E-state index < -0.39 is 0 Å². The van der Waals surface area contributed by atoms with E-state index in [0.717, 1.165) is 25.7 Å². The van der Waals surface area contributed by atoms with Gasteiger partial charge in [0.15, 0.2) is 0 Å². The molecule has 0 aromatic carbocycles. The lowest BCUT2D eigenvalue weighted by Crippen LogP contribution is -2.47. The third-order valence-electron chi connectivity index (χ3n) is 4.89. The molecule has 2 aliphatic rings. The molecular weight excluding hydrogens is 268 g/mol. The Morgan fingerprint density at radius 3 is 2.76 bits per heavy atom. The molecule has 0 radical (unpaired) electrons. The van der Waals surface area contributed by atoms with Crippen molar-refractivity contribution in [2.75, 3.05) is 13.7 Å². The van der Waals surface area contributed by atoms with Crippen LogP contribution in [0.1, 0.15) is 58.3 Å². The molecule has 3 unspecified atom stereocenters. The number of unbranched alkanes of at least 4 members (excludes halogenated alkanes) is 1. The average molecular weight is 296 g/mol. The molecule has 1 aliphatic carbocycles. The summed E-state index contributed by atoms with van der Waals surface area (Å²) in [4.78, 5) is 25.5. The third-order valence-corrected chi connectivity index (χ3v) is 4.89. The molecule has 1 saturated heterocycles. The quantitative estimate of drug-likeness (QED) is 0.627. The van der Waals surface area contributed by atoms with Gasteiger partial charge < -0.3 is 15.0 Å². The van der Waals surface area contributed by atoms with Crippen molar-refractivity contribution < 1.29 is 14.3 Å². The van der Waals surface area contributed by atoms with E-state index >= 15 is 0 Å². The van der Waals surface area contributed by atoms with Gasteiger partial charge in [-0.1, -0.05) is 12.8 Å². The number of ether oxygens (including phenoxy) is 1. The van der Waals surface area contributed by atoms with Crippen LogP contribution in [0.25, 0.3) is 0 Å². The molecule has 5 heteroatoms. The lowest BCUT2D eigenvalue weighted by atomic mass is 9.85. The summed E-state index contributed by atoms with van der Waals surface area (Å²) in [5.41, 5.74) is 0. The van der Waals surface area contributed by atoms with Gasteiger partial charge in [-0.15, -0.1) is 0 Å². The van der Waals surface area contributed by atoms with E-state index in [-0.39, 0.29) is 12.0 Å². The van der Waals surface area contributed by atoms with Gasteiger partial charge in [0.2, 0.25) is 0 Å². The van der Waals surface area contributed by atoms with E-state index in [2.05, 4.69) is 21.9 Å². The van der Waals surface area contributed by atoms with Gasteiger partial charge in [-0.3, -0.25) is 4.79 Å². The fourth-order valence-electron chi connectivity index (χ4n) is 3.84. The van der Waals surface area contributed by atoms with Crippen LogP contribution < -0.4 is 5.32 Å². The first-order valence-corrected chi connectivity index (χ1v) is 8.26. The molecule has 2 rings (SSSR count). The van der Waals surface area contributed by atoms with Gasteiger partial charge in [-0.2, -0.15) is 0 Å². The van der Waals surface area contributed by atoms with Crippen molar-refractivity contribution in [2.45, 2.75) is 70.4 Å². The zero-order chi connectivity index (χ0) is 15.2. The highest BCUT2D eigenvalue weighted by Crippen LogP contribution is 2.39. The number of hydrogen-bond acceptors (Lipinski definition) is 3. The molecule has 0 aromatic rings. The Bertz CT molecular complexity index is 373. The van der Waals surface area contributed by atoms with Gasteiger partial charge in [0.05, 0.1) is 7.11 Å². The average Bonchev–Trinajstić information content (AvgIpc) is 2.82. The number of urea groups is 1. The van der Waals surface area contributed by atoms with Crippen LogP contribution in [0.15, 0.2) is 0 Å². The van der Waals surface area contributed by atoms with Crippen molar-refractivity contribution in [3.63, 3.8) is 0 Å². The van der Waals surface area contributed by atoms with Crippen LogP contribution >= 0.6 is 0 Å². The van der Waals surface area contributed by atoms with E-state index in [0.29, 0.717) is 31.0 Å². The minimum Gasteiger partial charge on any atom is -0.469 e. The maximum atomic E-state index is 12.4. The molecule has 0 bridgehead atoms. The topological polar surface area (TPSA) is 58.6 Å². The molecule has 0 spiro atoms. The van der Waals surface area contributed by atoms with Gasteiger partial charge >= 0.3 is 12.0 Å². The number of nitrogens with zero attached hydrogens (tertiary/aromatic N) is 1. The predicted octanol–water partition coefficient (Wildman–Crippen LogP) is 2.69. The summed E-state index contributed by atoms with van der Waals surface area (Å²) in [6.45, 7) is 2.80. The molecule has 5 nitrogen and oxygen atoms in total. The number of hydrogen-bond donors (Lipinski definition) is 1. The maximum absolute atomic E-state index is 12.4. The Hall–Kier alpha value is -1.26. The molecule has 1 N–H and O–H groups in total. The summed E-state index contributed by atoms with van der Waals surface area (Å²) >= 11 is 0. The van der Waals surface area contributed by atoms with Crippen LogP contribution in [0, 0.1) is 5.92 Å². The number of rotatable bonds is 5. The van der Waals surface area contributed by atoms with E-state index in [1.54, 1.807) is 0 Å². The van der Waals surface area contributed by atoms with Crippen molar-refractivity contribution in [2.24, 2.45) is 5.92 Å². The Kier molecular flexibility index (Phi) is 5.88. The van der Waals surface area contributed by atoms with E-state index in [9.17, 15) is 9.59 Å². The van der Waals surface area contributed by atoms with Crippen LogP contribution in [0.2, 0.25) is 0 Å². The molecule has 120 valence electrons. The number of carbonyl (C=O) groups excluding carboxylic acids is 2. The Labute approximate surface area is 127 Å². The van der Waals surface area contributed by atoms with Gasteiger partial charge in [0.25, 0.3) is 0 Å². The monoisotopic (exact) mass is 296 g/mol. The van der Waals surface area contributed by atoms with Gasteiger partial charge in [-0.25, -0.2) is 4.79 Å². The summed E-state index contributed by atoms with van der Waals surface area (Å²) in [6, 6.07) is 0.881. The summed E-state index contributed by atoms with van der Waals surface area (Å²) in [6.07, 6.45) is 8.15. The molecule has 2 fully saturated rings. The fraction of sp³-hybridized carbons (Fsp3) is 0.875. The lowest BCUT2D eigenvalue weighted by molar-refractivity contribution is -0.140. The van der Waals surface area contributed by atoms with Gasteiger partial charge in [-0.05, 0) is 44.9 Å². The third kappa shape index (κ3) is 4.11. The molecule has 1 heterocycles. The van der Waals surface area contributed by atoms with E-state index in [4.69, 9.17) is 0 Å². The van der Waals surface area contributed by atoms with Crippen molar-refractivity contribution >= 4 is 12.0 Å². The number of likely N-dealkylation sites (tertiary alicyclic amines) is 1. The number of amides is 2. The first-order chi connectivity index (χ1) is 10.1. The zero-order valence-corrected chi connectivity index (χ0v) is 13.3. The number of methoxy groups -OCH3 is 1. The fourth-order valence-corrected chi connectivity index (χ4v) is 3.84. The highest BCUT2D eigenvalue weighted by atomic mass is 16.5. The zero-order valence-electron chi connectivity index (χ0n) is 13.3. The SMILES string of the molecule is COC(=O)CCCCNC(=O)N1C(C)CC2CCCCC21. The highest BCUT2D eigenvalue weighted by Gasteiger charge is 2.42. The van der Waals surface area contributed by atoms with Crippen LogP contribution in [-0.4, -0.2) is 42.6 Å². The first kappa shape index (κ1) is 16.1. The van der Waals surface area contributed by atoms with Crippen molar-refractivity contribution in [1.29, 1.82) is 0 Å². The molecule has 3 atom stereocenters. The number of carbonyl (C=O) groups is 2. The Morgan fingerprint density at radius 2 is 2.00 bits per heavy atom. The smallest absolute Gasteiger partial charge is 0.317 e.